The van der Waals surface area contributed by atoms with E-state index < -0.39 is 0 Å². The van der Waals surface area contributed by atoms with E-state index in [0.717, 1.165) is 44.6 Å². The highest BCUT2D eigenvalue weighted by Crippen LogP contribution is 2.49. The first-order valence-corrected chi connectivity index (χ1v) is 7.89. The summed E-state index contributed by atoms with van der Waals surface area (Å²) in [6, 6.07) is 8.87. The number of hydrogen-bond donors (Lipinski definition) is 1. The van der Waals surface area contributed by atoms with Crippen molar-refractivity contribution >= 4 is 0 Å². The Kier molecular flexibility index (Phi) is 3.99. The lowest BCUT2D eigenvalue weighted by Crippen LogP contribution is -2.56. The molecule has 1 fully saturated rings. The van der Waals surface area contributed by atoms with Crippen LogP contribution in [0.3, 0.4) is 0 Å². The molecule has 1 aliphatic heterocycles. The molecule has 110 valence electrons. The Labute approximate surface area is 121 Å². The van der Waals surface area contributed by atoms with Crippen molar-refractivity contribution in [2.45, 2.75) is 57.3 Å². The maximum atomic E-state index is 6.32. The van der Waals surface area contributed by atoms with Crippen LogP contribution in [0.5, 0.6) is 5.75 Å². The second-order valence-corrected chi connectivity index (χ2v) is 6.02. The predicted octanol–water partition coefficient (Wildman–Crippen LogP) is 3.45. The molecule has 1 unspecified atom stereocenters. The number of hydrogen-bond acceptors (Lipinski definition) is 3. The maximum Gasteiger partial charge on any atom is 0.124 e. The molecular weight excluding hydrogens is 250 g/mol. The van der Waals surface area contributed by atoms with Crippen molar-refractivity contribution in [3.63, 3.8) is 0 Å². The molecule has 1 heterocycles. The molecule has 1 aliphatic carbocycles. The Morgan fingerprint density at radius 1 is 1.25 bits per heavy atom. The Bertz CT molecular complexity index is 454. The second-order valence-electron chi connectivity index (χ2n) is 6.02. The van der Waals surface area contributed by atoms with E-state index in [1.807, 2.05) is 0 Å². The average molecular weight is 275 g/mol. The number of nitrogens with one attached hydrogen (secondary N) is 1. The van der Waals surface area contributed by atoms with Gasteiger partial charge < -0.3 is 14.8 Å². The van der Waals surface area contributed by atoms with E-state index in [4.69, 9.17) is 9.47 Å². The number of fused-ring (bicyclic) bond motifs is 1. The summed E-state index contributed by atoms with van der Waals surface area (Å²) in [6.07, 6.45) is 4.66. The van der Waals surface area contributed by atoms with Gasteiger partial charge in [0.25, 0.3) is 0 Å². The molecular formula is C17H25NO2. The summed E-state index contributed by atoms with van der Waals surface area (Å²) < 4.78 is 12.0. The zero-order chi connectivity index (χ0) is 14.0. The first-order chi connectivity index (χ1) is 9.76. The van der Waals surface area contributed by atoms with Gasteiger partial charge in [-0.3, -0.25) is 0 Å². The van der Waals surface area contributed by atoms with Gasteiger partial charge in [0.2, 0.25) is 0 Å². The number of benzene rings is 1. The minimum Gasteiger partial charge on any atom is -0.487 e. The lowest BCUT2D eigenvalue weighted by molar-refractivity contribution is -0.135. The van der Waals surface area contributed by atoms with Gasteiger partial charge >= 0.3 is 0 Å². The molecule has 3 heteroatoms. The van der Waals surface area contributed by atoms with Crippen LogP contribution in [0.4, 0.5) is 0 Å². The van der Waals surface area contributed by atoms with E-state index in [-0.39, 0.29) is 5.60 Å². The molecule has 2 aliphatic rings. The third kappa shape index (κ3) is 2.57. The van der Waals surface area contributed by atoms with Gasteiger partial charge in [-0.15, -0.1) is 0 Å². The Balaban J connectivity index is 1.75. The monoisotopic (exact) mass is 275 g/mol. The molecule has 0 aromatic heterocycles. The van der Waals surface area contributed by atoms with Gasteiger partial charge in [-0.05, 0) is 26.0 Å². The fourth-order valence-corrected chi connectivity index (χ4v) is 3.49. The summed E-state index contributed by atoms with van der Waals surface area (Å²) in [5.41, 5.74) is 1.31. The van der Waals surface area contributed by atoms with E-state index >= 15 is 0 Å². The van der Waals surface area contributed by atoms with E-state index in [2.05, 4.69) is 43.4 Å². The van der Waals surface area contributed by atoms with Gasteiger partial charge in [-0.1, -0.05) is 25.1 Å². The minimum atomic E-state index is -0.000399. The van der Waals surface area contributed by atoms with Crippen molar-refractivity contribution < 1.29 is 9.47 Å². The van der Waals surface area contributed by atoms with E-state index in [0.29, 0.717) is 12.1 Å². The van der Waals surface area contributed by atoms with E-state index in [1.165, 1.54) is 5.56 Å². The molecule has 1 saturated carbocycles. The molecule has 1 atom stereocenters. The molecule has 0 bridgehead atoms. The van der Waals surface area contributed by atoms with Crippen molar-refractivity contribution in [2.75, 3.05) is 13.2 Å². The van der Waals surface area contributed by atoms with Crippen LogP contribution < -0.4 is 10.1 Å². The topological polar surface area (TPSA) is 30.5 Å². The molecule has 3 nitrogen and oxygen atoms in total. The standard InChI is InChI=1S/C17H25NO2/c1-3-9-18-15-12-17(10-13(11-17)19-4-2)20-16-8-6-5-7-14(15)16/h5-8,13,15,18H,3-4,9-12H2,1-2H3. The Morgan fingerprint density at radius 2 is 2.05 bits per heavy atom. The van der Waals surface area contributed by atoms with Crippen molar-refractivity contribution in [3.05, 3.63) is 29.8 Å². The van der Waals surface area contributed by atoms with Crippen molar-refractivity contribution in [3.8, 4) is 5.75 Å². The first kappa shape index (κ1) is 13.9. The summed E-state index contributed by atoms with van der Waals surface area (Å²) in [5, 5.41) is 3.68. The third-order valence-corrected chi connectivity index (χ3v) is 4.44. The summed E-state index contributed by atoms with van der Waals surface area (Å²) in [4.78, 5) is 0. The first-order valence-electron chi connectivity index (χ1n) is 7.89. The predicted molar refractivity (Wildman–Crippen MR) is 80.1 cm³/mol. The maximum absolute atomic E-state index is 6.32. The smallest absolute Gasteiger partial charge is 0.124 e. The Hall–Kier alpha value is -1.06. The van der Waals surface area contributed by atoms with Gasteiger partial charge in [0.15, 0.2) is 0 Å². The lowest BCUT2D eigenvalue weighted by atomic mass is 9.71. The van der Waals surface area contributed by atoms with Gasteiger partial charge in [0, 0.05) is 37.5 Å². The van der Waals surface area contributed by atoms with Crippen LogP contribution in [0.15, 0.2) is 24.3 Å². The van der Waals surface area contributed by atoms with Crippen LogP contribution in [-0.4, -0.2) is 24.9 Å². The number of ether oxygens (including phenoxy) is 2. The highest BCUT2D eigenvalue weighted by molar-refractivity contribution is 5.39. The molecule has 1 aromatic carbocycles. The highest BCUT2D eigenvalue weighted by atomic mass is 16.5. The molecule has 0 radical (unpaired) electrons. The van der Waals surface area contributed by atoms with Crippen molar-refractivity contribution in [1.82, 2.24) is 5.32 Å². The van der Waals surface area contributed by atoms with Crippen LogP contribution >= 0.6 is 0 Å². The third-order valence-electron chi connectivity index (χ3n) is 4.44. The zero-order valence-electron chi connectivity index (χ0n) is 12.5. The minimum absolute atomic E-state index is 0.000399. The largest absolute Gasteiger partial charge is 0.487 e. The van der Waals surface area contributed by atoms with E-state index in [1.54, 1.807) is 0 Å². The molecule has 0 saturated heterocycles. The van der Waals surface area contributed by atoms with E-state index in [9.17, 15) is 0 Å². The molecule has 0 amide bonds. The van der Waals surface area contributed by atoms with Gasteiger partial charge in [0.05, 0.1) is 6.10 Å². The summed E-state index contributed by atoms with van der Waals surface area (Å²) in [6.45, 7) is 6.13. The van der Waals surface area contributed by atoms with Crippen LogP contribution in [0.2, 0.25) is 0 Å². The van der Waals surface area contributed by atoms with Crippen LogP contribution in [0, 0.1) is 0 Å². The fraction of sp³-hybridized carbons (Fsp3) is 0.647. The SMILES string of the molecule is CCCNC1CC2(CC(OCC)C2)Oc2ccccc21. The molecule has 20 heavy (non-hydrogen) atoms. The summed E-state index contributed by atoms with van der Waals surface area (Å²) in [5.74, 6) is 1.06. The van der Waals surface area contributed by atoms with Gasteiger partial charge in [-0.2, -0.15) is 0 Å². The van der Waals surface area contributed by atoms with Crippen LogP contribution in [-0.2, 0) is 4.74 Å². The summed E-state index contributed by atoms with van der Waals surface area (Å²) >= 11 is 0. The average Bonchev–Trinajstić information content (AvgIpc) is 2.43. The number of para-hydroxylation sites is 1. The molecule has 3 rings (SSSR count). The lowest BCUT2D eigenvalue weighted by Gasteiger charge is -2.51. The quantitative estimate of drug-likeness (QED) is 0.893. The zero-order valence-corrected chi connectivity index (χ0v) is 12.5. The highest BCUT2D eigenvalue weighted by Gasteiger charge is 2.51. The van der Waals surface area contributed by atoms with Gasteiger partial charge in [-0.25, -0.2) is 0 Å². The molecule has 1 aromatic rings. The Morgan fingerprint density at radius 3 is 2.80 bits per heavy atom. The van der Waals surface area contributed by atoms with Crippen molar-refractivity contribution in [1.29, 1.82) is 0 Å². The molecule has 1 spiro atoms. The summed E-state index contributed by atoms with van der Waals surface area (Å²) in [7, 11) is 0. The second kappa shape index (κ2) is 5.74. The van der Waals surface area contributed by atoms with Crippen LogP contribution in [0.1, 0.15) is 51.1 Å². The van der Waals surface area contributed by atoms with Gasteiger partial charge in [0.1, 0.15) is 11.4 Å². The number of rotatable bonds is 5. The fourth-order valence-electron chi connectivity index (χ4n) is 3.49. The van der Waals surface area contributed by atoms with Crippen LogP contribution in [0.25, 0.3) is 0 Å². The molecule has 1 N–H and O–H groups in total. The normalized spacial score (nSPS) is 31.5. The van der Waals surface area contributed by atoms with Crippen molar-refractivity contribution in [2.24, 2.45) is 0 Å².